The summed E-state index contributed by atoms with van der Waals surface area (Å²) in [5, 5.41) is 0. The van der Waals surface area contributed by atoms with Crippen LogP contribution in [0.5, 0.6) is 11.5 Å². The molecule has 0 spiro atoms. The molecule has 0 saturated carbocycles. The molecule has 1 aliphatic heterocycles. The summed E-state index contributed by atoms with van der Waals surface area (Å²) in [5.74, 6) is 1.19. The zero-order chi connectivity index (χ0) is 16.1. The van der Waals surface area contributed by atoms with Gasteiger partial charge in [0.1, 0.15) is 6.10 Å². The van der Waals surface area contributed by atoms with Crippen LogP contribution in [0.15, 0.2) is 18.2 Å². The number of nitrogens with zero attached hydrogens (tertiary/aromatic N) is 1. The first kappa shape index (κ1) is 16.6. The fourth-order valence-corrected chi connectivity index (χ4v) is 2.69. The van der Waals surface area contributed by atoms with E-state index in [1.807, 2.05) is 13.0 Å². The highest BCUT2D eigenvalue weighted by Gasteiger charge is 2.33. The van der Waals surface area contributed by atoms with E-state index in [-0.39, 0.29) is 12.0 Å². The molecule has 1 saturated heterocycles. The predicted octanol–water partition coefficient (Wildman–Crippen LogP) is 1.56. The molecule has 0 radical (unpaired) electrons. The minimum atomic E-state index is -0.415. The number of anilines is 1. The molecular weight excluding hydrogens is 284 g/mol. The van der Waals surface area contributed by atoms with Gasteiger partial charge in [-0.05, 0) is 31.9 Å². The van der Waals surface area contributed by atoms with Crippen molar-refractivity contribution in [3.63, 3.8) is 0 Å². The van der Waals surface area contributed by atoms with Gasteiger partial charge in [0.25, 0.3) is 5.91 Å². The molecule has 1 aromatic carbocycles. The van der Waals surface area contributed by atoms with Crippen molar-refractivity contribution in [1.82, 2.24) is 0 Å². The molecule has 0 aromatic heterocycles. The van der Waals surface area contributed by atoms with Gasteiger partial charge in [-0.1, -0.05) is 0 Å². The second kappa shape index (κ2) is 7.47. The summed E-state index contributed by atoms with van der Waals surface area (Å²) in [6.45, 7) is 2.94. The molecule has 1 fully saturated rings. The van der Waals surface area contributed by atoms with E-state index in [1.54, 1.807) is 31.3 Å². The van der Waals surface area contributed by atoms with Crippen molar-refractivity contribution < 1.29 is 19.0 Å². The van der Waals surface area contributed by atoms with Crippen LogP contribution in [0.25, 0.3) is 0 Å². The molecule has 0 unspecified atom stereocenters. The van der Waals surface area contributed by atoms with Gasteiger partial charge >= 0.3 is 0 Å². The normalized spacial score (nSPS) is 20.7. The second-order valence-electron chi connectivity index (χ2n) is 5.18. The molecule has 6 nitrogen and oxygen atoms in total. The maximum absolute atomic E-state index is 12.7. The number of hydrogen-bond donors (Lipinski definition) is 1. The minimum absolute atomic E-state index is 0.0157. The van der Waals surface area contributed by atoms with Crippen LogP contribution in [0.3, 0.4) is 0 Å². The molecule has 1 heterocycles. The Hall–Kier alpha value is -1.79. The Labute approximate surface area is 131 Å². The first-order valence-electron chi connectivity index (χ1n) is 7.53. The topological polar surface area (TPSA) is 74.0 Å². The summed E-state index contributed by atoms with van der Waals surface area (Å²) in [5.41, 5.74) is 6.37. The highest BCUT2D eigenvalue weighted by Crippen LogP contribution is 2.32. The van der Waals surface area contributed by atoms with Crippen molar-refractivity contribution in [3.05, 3.63) is 18.2 Å². The first-order valence-corrected chi connectivity index (χ1v) is 7.53. The summed E-state index contributed by atoms with van der Waals surface area (Å²) >= 11 is 0. The fraction of sp³-hybridized carbons (Fsp3) is 0.562. The van der Waals surface area contributed by atoms with E-state index in [4.69, 9.17) is 19.9 Å². The molecule has 1 amide bonds. The molecule has 1 aromatic rings. The lowest BCUT2D eigenvalue weighted by molar-refractivity contribution is -0.129. The molecule has 1 aliphatic rings. The van der Waals surface area contributed by atoms with Crippen molar-refractivity contribution in [2.24, 2.45) is 5.73 Å². The Bertz CT molecular complexity index is 521. The lowest BCUT2D eigenvalue weighted by Gasteiger charge is -2.25. The summed E-state index contributed by atoms with van der Waals surface area (Å²) in [6, 6.07) is 5.44. The maximum atomic E-state index is 12.7. The summed E-state index contributed by atoms with van der Waals surface area (Å²) in [6.07, 6.45) is 1.11. The van der Waals surface area contributed by atoms with Gasteiger partial charge in [-0.25, -0.2) is 0 Å². The van der Waals surface area contributed by atoms with Crippen molar-refractivity contribution >= 4 is 11.6 Å². The molecule has 6 heteroatoms. The van der Waals surface area contributed by atoms with Gasteiger partial charge in [0.05, 0.1) is 20.3 Å². The molecular formula is C16H24N2O4. The van der Waals surface area contributed by atoms with Gasteiger partial charge in [-0.3, -0.25) is 4.79 Å². The van der Waals surface area contributed by atoms with Crippen LogP contribution in [0.4, 0.5) is 5.69 Å². The summed E-state index contributed by atoms with van der Waals surface area (Å²) in [7, 11) is 3.16. The number of ether oxygens (including phenoxy) is 3. The Balaban J connectivity index is 2.19. The van der Waals surface area contributed by atoms with E-state index in [1.165, 1.54) is 0 Å². The van der Waals surface area contributed by atoms with Crippen LogP contribution in [0.2, 0.25) is 0 Å². The summed E-state index contributed by atoms with van der Waals surface area (Å²) < 4.78 is 16.2. The molecule has 0 bridgehead atoms. The van der Waals surface area contributed by atoms with Crippen molar-refractivity contribution in [2.75, 3.05) is 32.2 Å². The van der Waals surface area contributed by atoms with Gasteiger partial charge in [0.2, 0.25) is 0 Å². The van der Waals surface area contributed by atoms with Gasteiger partial charge < -0.3 is 24.8 Å². The SMILES string of the molecule is CCN(C(=O)[C@@H]1CC[C@H](CN)O1)c1ccc(OC)c(OC)c1. The molecule has 2 rings (SSSR count). The number of rotatable bonds is 6. The summed E-state index contributed by atoms with van der Waals surface area (Å²) in [4.78, 5) is 14.4. The monoisotopic (exact) mass is 308 g/mol. The lowest BCUT2D eigenvalue weighted by atomic mass is 10.1. The highest BCUT2D eigenvalue weighted by molar-refractivity contribution is 5.97. The van der Waals surface area contributed by atoms with E-state index >= 15 is 0 Å². The van der Waals surface area contributed by atoms with E-state index in [0.717, 1.165) is 12.1 Å². The number of likely N-dealkylation sites (N-methyl/N-ethyl adjacent to an activating group) is 1. The predicted molar refractivity (Wildman–Crippen MR) is 84.5 cm³/mol. The standard InChI is InChI=1S/C16H24N2O4/c1-4-18(16(19)14-8-6-12(10-17)22-14)11-5-7-13(20-2)15(9-11)21-3/h5,7,9,12,14H,4,6,8,10,17H2,1-3H3/t12-,14+/m1/s1. The number of carbonyl (C=O) groups excluding carboxylic acids is 1. The minimum Gasteiger partial charge on any atom is -0.493 e. The Morgan fingerprint density at radius 2 is 2.05 bits per heavy atom. The van der Waals surface area contributed by atoms with Crippen molar-refractivity contribution in [1.29, 1.82) is 0 Å². The van der Waals surface area contributed by atoms with E-state index in [9.17, 15) is 4.79 Å². The lowest BCUT2D eigenvalue weighted by Crippen LogP contribution is -2.39. The van der Waals surface area contributed by atoms with Crippen LogP contribution in [-0.2, 0) is 9.53 Å². The van der Waals surface area contributed by atoms with Crippen LogP contribution in [-0.4, -0.2) is 45.4 Å². The van der Waals surface area contributed by atoms with E-state index < -0.39 is 6.10 Å². The first-order chi connectivity index (χ1) is 10.6. The number of methoxy groups -OCH3 is 2. The van der Waals surface area contributed by atoms with Crippen LogP contribution < -0.4 is 20.1 Å². The molecule has 122 valence electrons. The number of carbonyl (C=O) groups is 1. The van der Waals surface area contributed by atoms with Gasteiger partial charge in [0, 0.05) is 24.8 Å². The quantitative estimate of drug-likeness (QED) is 0.863. The third-order valence-corrected chi connectivity index (χ3v) is 3.91. The average Bonchev–Trinajstić information content (AvgIpc) is 3.04. The fourth-order valence-electron chi connectivity index (χ4n) is 2.69. The van der Waals surface area contributed by atoms with Crippen LogP contribution in [0.1, 0.15) is 19.8 Å². The van der Waals surface area contributed by atoms with Gasteiger partial charge in [0.15, 0.2) is 11.5 Å². The number of nitrogens with two attached hydrogens (primary N) is 1. The third kappa shape index (κ3) is 3.34. The molecule has 0 aliphatic carbocycles. The number of hydrogen-bond acceptors (Lipinski definition) is 5. The number of benzene rings is 1. The maximum Gasteiger partial charge on any atom is 0.256 e. The zero-order valence-electron chi connectivity index (χ0n) is 13.4. The second-order valence-corrected chi connectivity index (χ2v) is 5.18. The Morgan fingerprint density at radius 1 is 1.32 bits per heavy atom. The zero-order valence-corrected chi connectivity index (χ0v) is 13.4. The van der Waals surface area contributed by atoms with E-state index in [2.05, 4.69) is 0 Å². The largest absolute Gasteiger partial charge is 0.493 e. The number of amides is 1. The van der Waals surface area contributed by atoms with E-state index in [0.29, 0.717) is 31.0 Å². The molecule has 2 N–H and O–H groups in total. The highest BCUT2D eigenvalue weighted by atomic mass is 16.5. The Kier molecular flexibility index (Phi) is 5.63. The van der Waals surface area contributed by atoms with Gasteiger partial charge in [-0.15, -0.1) is 0 Å². The molecule has 2 atom stereocenters. The Morgan fingerprint density at radius 3 is 2.59 bits per heavy atom. The van der Waals surface area contributed by atoms with Gasteiger partial charge in [-0.2, -0.15) is 0 Å². The average molecular weight is 308 g/mol. The van der Waals surface area contributed by atoms with Crippen molar-refractivity contribution in [3.8, 4) is 11.5 Å². The smallest absolute Gasteiger partial charge is 0.256 e. The third-order valence-electron chi connectivity index (χ3n) is 3.91. The van der Waals surface area contributed by atoms with Crippen LogP contribution >= 0.6 is 0 Å². The van der Waals surface area contributed by atoms with Crippen LogP contribution in [0, 0.1) is 0 Å². The molecule has 22 heavy (non-hydrogen) atoms. The van der Waals surface area contributed by atoms with Crippen molar-refractivity contribution in [2.45, 2.75) is 32.0 Å².